The molecular weight excluding hydrogens is 210 g/mol. The van der Waals surface area contributed by atoms with Crippen molar-refractivity contribution in [3.05, 3.63) is 0 Å². The molecule has 92 valence electrons. The Kier molecular flexibility index (Phi) is 4.65. The third-order valence-electron chi connectivity index (χ3n) is 2.11. The molecular formula is C11H19NO4. The number of hydrogen-bond donors (Lipinski definition) is 2. The molecule has 0 heterocycles. The zero-order valence-electron chi connectivity index (χ0n) is 10.1. The summed E-state index contributed by atoms with van der Waals surface area (Å²) in [5.41, 5.74) is -1.48. The van der Waals surface area contributed by atoms with Crippen LogP contribution < -0.4 is 0 Å². The van der Waals surface area contributed by atoms with Gasteiger partial charge in [-0.25, -0.2) is 0 Å². The van der Waals surface area contributed by atoms with Crippen molar-refractivity contribution in [3.63, 3.8) is 0 Å². The minimum absolute atomic E-state index is 0.0238. The summed E-state index contributed by atoms with van der Waals surface area (Å²) < 4.78 is 0. The summed E-state index contributed by atoms with van der Waals surface area (Å²) in [4.78, 5) is 25.3. The number of carboxylic acids is 2. The summed E-state index contributed by atoms with van der Waals surface area (Å²) in [7, 11) is 0. The second-order valence-electron chi connectivity index (χ2n) is 5.22. The van der Waals surface area contributed by atoms with Gasteiger partial charge >= 0.3 is 11.9 Å². The summed E-state index contributed by atoms with van der Waals surface area (Å²) >= 11 is 0. The summed E-state index contributed by atoms with van der Waals surface area (Å²) in [5, 5.41) is 17.5. The van der Waals surface area contributed by atoms with Crippen molar-refractivity contribution in [2.45, 2.75) is 34.1 Å². The largest absolute Gasteiger partial charge is 0.481 e. The van der Waals surface area contributed by atoms with Gasteiger partial charge in [0.25, 0.3) is 0 Å². The number of rotatable bonds is 6. The zero-order chi connectivity index (χ0) is 13.0. The van der Waals surface area contributed by atoms with E-state index < -0.39 is 22.8 Å². The normalized spacial score (nSPS) is 13.0. The maximum absolute atomic E-state index is 10.8. The average Bonchev–Trinajstić information content (AvgIpc) is 1.99. The molecule has 0 atom stereocenters. The molecule has 0 fully saturated rings. The predicted molar refractivity (Wildman–Crippen MR) is 60.8 cm³/mol. The molecule has 0 amide bonds. The standard InChI is InChI=1S/C11H19NO4/c1-10(2,5-8(13)14)6-12-7-11(3,4)9(15)16/h6H,5,7H2,1-4H3,(H,13,14)(H,15,16). The van der Waals surface area contributed by atoms with E-state index in [0.717, 1.165) is 0 Å². The molecule has 0 unspecified atom stereocenters. The van der Waals surface area contributed by atoms with Crippen molar-refractivity contribution in [2.24, 2.45) is 15.8 Å². The van der Waals surface area contributed by atoms with Crippen LogP contribution in [0.1, 0.15) is 34.1 Å². The van der Waals surface area contributed by atoms with E-state index in [9.17, 15) is 9.59 Å². The highest BCUT2D eigenvalue weighted by molar-refractivity contribution is 5.77. The topological polar surface area (TPSA) is 87.0 Å². The molecule has 0 aliphatic rings. The Hall–Kier alpha value is -1.39. The maximum atomic E-state index is 10.8. The fourth-order valence-corrected chi connectivity index (χ4v) is 1.02. The van der Waals surface area contributed by atoms with Gasteiger partial charge in [0.05, 0.1) is 18.4 Å². The van der Waals surface area contributed by atoms with E-state index in [0.29, 0.717) is 0 Å². The Morgan fingerprint density at radius 2 is 1.69 bits per heavy atom. The molecule has 0 aromatic rings. The second kappa shape index (κ2) is 5.09. The number of nitrogens with zero attached hydrogens (tertiary/aromatic N) is 1. The van der Waals surface area contributed by atoms with Gasteiger partial charge in [-0.05, 0) is 13.8 Å². The number of carbonyl (C=O) groups is 2. The second-order valence-corrected chi connectivity index (χ2v) is 5.22. The van der Waals surface area contributed by atoms with Crippen LogP contribution in [0.4, 0.5) is 0 Å². The van der Waals surface area contributed by atoms with Gasteiger partial charge in [-0.3, -0.25) is 14.6 Å². The lowest BCUT2D eigenvalue weighted by molar-refractivity contribution is -0.146. The minimum atomic E-state index is -0.921. The van der Waals surface area contributed by atoms with Crippen molar-refractivity contribution in [3.8, 4) is 0 Å². The summed E-state index contributed by atoms with van der Waals surface area (Å²) in [6.07, 6.45) is 1.50. The number of carboxylic acid groups (broad SMARTS) is 2. The molecule has 0 saturated carbocycles. The Morgan fingerprint density at radius 3 is 2.06 bits per heavy atom. The van der Waals surface area contributed by atoms with Crippen molar-refractivity contribution >= 4 is 18.2 Å². The van der Waals surface area contributed by atoms with Crippen molar-refractivity contribution in [1.29, 1.82) is 0 Å². The highest BCUT2D eigenvalue weighted by Crippen LogP contribution is 2.19. The van der Waals surface area contributed by atoms with E-state index in [4.69, 9.17) is 10.2 Å². The monoisotopic (exact) mass is 229 g/mol. The Morgan fingerprint density at radius 1 is 1.19 bits per heavy atom. The van der Waals surface area contributed by atoms with E-state index in [-0.39, 0.29) is 13.0 Å². The molecule has 0 rings (SSSR count). The molecule has 2 N–H and O–H groups in total. The molecule has 0 aliphatic heterocycles. The Bertz CT molecular complexity index is 305. The van der Waals surface area contributed by atoms with Crippen LogP contribution in [0.3, 0.4) is 0 Å². The van der Waals surface area contributed by atoms with E-state index in [1.807, 2.05) is 0 Å². The fourth-order valence-electron chi connectivity index (χ4n) is 1.02. The van der Waals surface area contributed by atoms with Crippen LogP contribution in [-0.4, -0.2) is 34.9 Å². The lowest BCUT2D eigenvalue weighted by Crippen LogP contribution is -2.27. The number of aliphatic carboxylic acids is 2. The molecule has 5 heteroatoms. The Labute approximate surface area is 95.2 Å². The molecule has 0 aromatic heterocycles. The number of aliphatic imine (C=N–C) groups is 1. The first-order valence-electron chi connectivity index (χ1n) is 5.03. The molecule has 5 nitrogen and oxygen atoms in total. The molecule has 0 bridgehead atoms. The van der Waals surface area contributed by atoms with Gasteiger partial charge in [0.2, 0.25) is 0 Å². The first-order valence-corrected chi connectivity index (χ1v) is 5.03. The molecule has 16 heavy (non-hydrogen) atoms. The van der Waals surface area contributed by atoms with E-state index in [2.05, 4.69) is 4.99 Å². The van der Waals surface area contributed by atoms with Crippen LogP contribution in [0.25, 0.3) is 0 Å². The van der Waals surface area contributed by atoms with Crippen LogP contribution in [0.5, 0.6) is 0 Å². The molecule has 0 aromatic carbocycles. The first kappa shape index (κ1) is 14.6. The average molecular weight is 229 g/mol. The van der Waals surface area contributed by atoms with E-state index in [1.54, 1.807) is 27.7 Å². The van der Waals surface area contributed by atoms with Gasteiger partial charge in [0.15, 0.2) is 0 Å². The zero-order valence-corrected chi connectivity index (χ0v) is 10.1. The van der Waals surface area contributed by atoms with Crippen LogP contribution >= 0.6 is 0 Å². The predicted octanol–water partition coefficient (Wildman–Crippen LogP) is 1.67. The number of hydrogen-bond acceptors (Lipinski definition) is 3. The van der Waals surface area contributed by atoms with Crippen LogP contribution in [-0.2, 0) is 9.59 Å². The lowest BCUT2D eigenvalue weighted by Gasteiger charge is -2.19. The van der Waals surface area contributed by atoms with Gasteiger partial charge in [0.1, 0.15) is 0 Å². The van der Waals surface area contributed by atoms with Crippen molar-refractivity contribution in [2.75, 3.05) is 6.54 Å². The maximum Gasteiger partial charge on any atom is 0.310 e. The Balaban J connectivity index is 4.40. The lowest BCUT2D eigenvalue weighted by atomic mass is 9.90. The molecule has 0 aliphatic carbocycles. The highest BCUT2D eigenvalue weighted by Gasteiger charge is 2.27. The van der Waals surface area contributed by atoms with E-state index >= 15 is 0 Å². The van der Waals surface area contributed by atoms with Gasteiger partial charge in [0, 0.05) is 11.6 Å². The minimum Gasteiger partial charge on any atom is -0.481 e. The van der Waals surface area contributed by atoms with Crippen molar-refractivity contribution < 1.29 is 19.8 Å². The quantitative estimate of drug-likeness (QED) is 0.678. The van der Waals surface area contributed by atoms with Gasteiger partial charge < -0.3 is 10.2 Å². The summed E-state index contributed by atoms with van der Waals surface area (Å²) in [6, 6.07) is 0. The van der Waals surface area contributed by atoms with Crippen LogP contribution in [0.2, 0.25) is 0 Å². The van der Waals surface area contributed by atoms with Gasteiger partial charge in [-0.2, -0.15) is 0 Å². The molecule has 0 spiro atoms. The van der Waals surface area contributed by atoms with Gasteiger partial charge in [-0.15, -0.1) is 0 Å². The highest BCUT2D eigenvalue weighted by atomic mass is 16.4. The SMILES string of the molecule is CC(C)(C=NCC(C)(C)C(=O)O)CC(=O)O. The first-order chi connectivity index (χ1) is 7.07. The van der Waals surface area contributed by atoms with Crippen LogP contribution in [0, 0.1) is 10.8 Å². The summed E-state index contributed by atoms with van der Waals surface area (Å²) in [5.74, 6) is -1.81. The van der Waals surface area contributed by atoms with Crippen LogP contribution in [0.15, 0.2) is 4.99 Å². The summed E-state index contributed by atoms with van der Waals surface area (Å²) in [6.45, 7) is 6.80. The third-order valence-corrected chi connectivity index (χ3v) is 2.11. The van der Waals surface area contributed by atoms with E-state index in [1.165, 1.54) is 6.21 Å². The molecule has 0 saturated heterocycles. The smallest absolute Gasteiger partial charge is 0.310 e. The van der Waals surface area contributed by atoms with Crippen molar-refractivity contribution in [1.82, 2.24) is 0 Å². The third kappa shape index (κ3) is 5.48. The molecule has 0 radical (unpaired) electrons. The van der Waals surface area contributed by atoms with Gasteiger partial charge in [-0.1, -0.05) is 13.8 Å². The fraction of sp³-hybridized carbons (Fsp3) is 0.727.